The Labute approximate surface area is 141 Å². The zero-order chi connectivity index (χ0) is 17.3. The standard InChI is InChI=1S/C20H20O4/c1-13(11-14-5-7-15(8-6-14)19(21)22-4)16-9-10-17-18(12-16)24-20(2,3)23-17/h5-12H,1-4H3/b13-11+. The number of carbonyl (C=O) groups excluding carboxylic acids is 1. The van der Waals surface area contributed by atoms with Gasteiger partial charge in [-0.1, -0.05) is 24.3 Å². The molecule has 0 saturated heterocycles. The summed E-state index contributed by atoms with van der Waals surface area (Å²) in [5.74, 6) is 0.563. The lowest BCUT2D eigenvalue weighted by Gasteiger charge is -2.16. The zero-order valence-electron chi connectivity index (χ0n) is 14.3. The Morgan fingerprint density at radius 3 is 2.29 bits per heavy atom. The minimum atomic E-state index is -0.623. The van der Waals surface area contributed by atoms with Crippen molar-refractivity contribution >= 4 is 17.6 Å². The van der Waals surface area contributed by atoms with Crippen molar-refractivity contribution in [3.05, 3.63) is 59.2 Å². The Bertz CT molecular complexity index is 801. The minimum absolute atomic E-state index is 0.333. The molecule has 1 aliphatic rings. The summed E-state index contributed by atoms with van der Waals surface area (Å²) >= 11 is 0. The normalized spacial score (nSPS) is 15.2. The molecule has 2 aromatic carbocycles. The zero-order valence-corrected chi connectivity index (χ0v) is 14.3. The minimum Gasteiger partial charge on any atom is -0.465 e. The quantitative estimate of drug-likeness (QED) is 0.614. The van der Waals surface area contributed by atoms with Crippen LogP contribution < -0.4 is 9.47 Å². The molecular weight excluding hydrogens is 304 g/mol. The van der Waals surface area contributed by atoms with Crippen molar-refractivity contribution in [1.29, 1.82) is 0 Å². The molecule has 0 aromatic heterocycles. The summed E-state index contributed by atoms with van der Waals surface area (Å²) in [4.78, 5) is 11.5. The smallest absolute Gasteiger partial charge is 0.337 e. The van der Waals surface area contributed by atoms with E-state index in [2.05, 4.69) is 6.08 Å². The van der Waals surface area contributed by atoms with Crippen molar-refractivity contribution in [3.8, 4) is 11.5 Å². The van der Waals surface area contributed by atoms with Gasteiger partial charge in [-0.2, -0.15) is 0 Å². The number of methoxy groups -OCH3 is 1. The van der Waals surface area contributed by atoms with Crippen LogP contribution in [0.4, 0.5) is 0 Å². The number of ether oxygens (including phenoxy) is 3. The molecule has 0 unspecified atom stereocenters. The molecule has 2 aromatic rings. The molecule has 0 amide bonds. The number of esters is 1. The first-order valence-electron chi connectivity index (χ1n) is 7.77. The topological polar surface area (TPSA) is 44.8 Å². The molecule has 124 valence electrons. The van der Waals surface area contributed by atoms with Gasteiger partial charge in [-0.05, 0) is 47.9 Å². The summed E-state index contributed by atoms with van der Waals surface area (Å²) in [5.41, 5.74) is 3.71. The van der Waals surface area contributed by atoms with Crippen LogP contribution >= 0.6 is 0 Å². The average molecular weight is 324 g/mol. The van der Waals surface area contributed by atoms with E-state index in [1.807, 2.05) is 51.1 Å². The van der Waals surface area contributed by atoms with E-state index in [-0.39, 0.29) is 5.97 Å². The predicted octanol–water partition coefficient (Wildman–Crippen LogP) is 4.54. The third-order valence-corrected chi connectivity index (χ3v) is 3.83. The molecule has 0 aliphatic carbocycles. The second-order valence-corrected chi connectivity index (χ2v) is 6.21. The summed E-state index contributed by atoms with van der Waals surface area (Å²) in [6, 6.07) is 13.2. The molecule has 0 radical (unpaired) electrons. The van der Waals surface area contributed by atoms with Crippen LogP contribution in [0.15, 0.2) is 42.5 Å². The summed E-state index contributed by atoms with van der Waals surface area (Å²) in [5, 5.41) is 0. The Kier molecular flexibility index (Phi) is 4.06. The number of hydrogen-bond acceptors (Lipinski definition) is 4. The first-order chi connectivity index (χ1) is 11.4. The van der Waals surface area contributed by atoms with Crippen LogP contribution in [-0.2, 0) is 4.74 Å². The number of fused-ring (bicyclic) bond motifs is 1. The number of carbonyl (C=O) groups is 1. The van der Waals surface area contributed by atoms with Crippen LogP contribution in [-0.4, -0.2) is 18.9 Å². The van der Waals surface area contributed by atoms with E-state index in [1.54, 1.807) is 12.1 Å². The van der Waals surface area contributed by atoms with Crippen molar-refractivity contribution in [2.24, 2.45) is 0 Å². The fourth-order valence-corrected chi connectivity index (χ4v) is 2.63. The van der Waals surface area contributed by atoms with Gasteiger partial charge >= 0.3 is 5.97 Å². The third kappa shape index (κ3) is 3.27. The molecular formula is C20H20O4. The predicted molar refractivity (Wildman–Crippen MR) is 93.1 cm³/mol. The van der Waals surface area contributed by atoms with Gasteiger partial charge in [0.15, 0.2) is 11.5 Å². The second-order valence-electron chi connectivity index (χ2n) is 6.21. The molecule has 3 rings (SSSR count). The summed E-state index contributed by atoms with van der Waals surface area (Å²) in [7, 11) is 1.38. The van der Waals surface area contributed by atoms with Gasteiger partial charge in [-0.15, -0.1) is 0 Å². The molecule has 0 spiro atoms. The number of benzene rings is 2. The number of hydrogen-bond donors (Lipinski definition) is 0. The van der Waals surface area contributed by atoms with E-state index in [0.717, 1.165) is 28.2 Å². The Morgan fingerprint density at radius 2 is 1.62 bits per heavy atom. The number of rotatable bonds is 3. The molecule has 1 heterocycles. The second kappa shape index (κ2) is 6.04. The maximum absolute atomic E-state index is 11.5. The van der Waals surface area contributed by atoms with Gasteiger partial charge in [-0.25, -0.2) is 4.79 Å². The van der Waals surface area contributed by atoms with Crippen LogP contribution in [0.1, 0.15) is 42.3 Å². The largest absolute Gasteiger partial charge is 0.465 e. The first kappa shape index (κ1) is 16.1. The average Bonchev–Trinajstić information content (AvgIpc) is 2.87. The van der Waals surface area contributed by atoms with Crippen LogP contribution in [0.5, 0.6) is 11.5 Å². The van der Waals surface area contributed by atoms with Gasteiger partial charge < -0.3 is 14.2 Å². The highest BCUT2D eigenvalue weighted by Gasteiger charge is 2.31. The Balaban J connectivity index is 1.83. The molecule has 0 N–H and O–H groups in total. The molecule has 0 bridgehead atoms. The highest BCUT2D eigenvalue weighted by Crippen LogP contribution is 2.40. The molecule has 4 heteroatoms. The lowest BCUT2D eigenvalue weighted by Crippen LogP contribution is -2.29. The SMILES string of the molecule is COC(=O)c1ccc(/C=C(\C)c2ccc3c(c2)OC(C)(C)O3)cc1. The van der Waals surface area contributed by atoms with Crippen molar-refractivity contribution in [2.75, 3.05) is 7.11 Å². The van der Waals surface area contributed by atoms with E-state index in [4.69, 9.17) is 14.2 Å². The van der Waals surface area contributed by atoms with Crippen molar-refractivity contribution in [2.45, 2.75) is 26.6 Å². The first-order valence-corrected chi connectivity index (χ1v) is 7.77. The highest BCUT2D eigenvalue weighted by atomic mass is 16.7. The molecule has 24 heavy (non-hydrogen) atoms. The van der Waals surface area contributed by atoms with E-state index >= 15 is 0 Å². The third-order valence-electron chi connectivity index (χ3n) is 3.83. The number of allylic oxidation sites excluding steroid dienone is 1. The van der Waals surface area contributed by atoms with Gasteiger partial charge in [0.05, 0.1) is 12.7 Å². The van der Waals surface area contributed by atoms with Gasteiger partial charge in [0, 0.05) is 13.8 Å². The molecule has 4 nitrogen and oxygen atoms in total. The van der Waals surface area contributed by atoms with Crippen LogP contribution in [0.25, 0.3) is 11.6 Å². The lowest BCUT2D eigenvalue weighted by molar-refractivity contribution is -0.0431. The molecule has 1 aliphatic heterocycles. The van der Waals surface area contributed by atoms with Gasteiger partial charge in [0.25, 0.3) is 0 Å². The summed E-state index contributed by atoms with van der Waals surface area (Å²) < 4.78 is 16.2. The Hall–Kier alpha value is -2.75. The van der Waals surface area contributed by atoms with Crippen molar-refractivity contribution in [1.82, 2.24) is 0 Å². The summed E-state index contributed by atoms with van der Waals surface area (Å²) in [6.45, 7) is 5.81. The van der Waals surface area contributed by atoms with Crippen molar-refractivity contribution in [3.63, 3.8) is 0 Å². The molecule has 0 saturated carbocycles. The highest BCUT2D eigenvalue weighted by molar-refractivity contribution is 5.90. The fraction of sp³-hybridized carbons (Fsp3) is 0.250. The van der Waals surface area contributed by atoms with Gasteiger partial charge in [0.1, 0.15) is 0 Å². The van der Waals surface area contributed by atoms with Crippen LogP contribution in [0, 0.1) is 0 Å². The van der Waals surface area contributed by atoms with E-state index in [9.17, 15) is 4.79 Å². The molecule has 0 atom stereocenters. The van der Waals surface area contributed by atoms with E-state index in [1.165, 1.54) is 7.11 Å². The van der Waals surface area contributed by atoms with Crippen LogP contribution in [0.3, 0.4) is 0 Å². The van der Waals surface area contributed by atoms with Crippen molar-refractivity contribution < 1.29 is 19.0 Å². The van der Waals surface area contributed by atoms with Gasteiger partial charge in [-0.3, -0.25) is 0 Å². The maximum atomic E-state index is 11.5. The monoisotopic (exact) mass is 324 g/mol. The van der Waals surface area contributed by atoms with E-state index < -0.39 is 5.79 Å². The van der Waals surface area contributed by atoms with Gasteiger partial charge in [0.2, 0.25) is 5.79 Å². The van der Waals surface area contributed by atoms with E-state index in [0.29, 0.717) is 5.56 Å². The lowest BCUT2D eigenvalue weighted by atomic mass is 10.0. The van der Waals surface area contributed by atoms with Crippen LogP contribution in [0.2, 0.25) is 0 Å². The Morgan fingerprint density at radius 1 is 1.00 bits per heavy atom. The fourth-order valence-electron chi connectivity index (χ4n) is 2.63. The maximum Gasteiger partial charge on any atom is 0.337 e. The summed E-state index contributed by atoms with van der Waals surface area (Å²) in [6.07, 6.45) is 2.06. The molecule has 0 fully saturated rings.